The van der Waals surface area contributed by atoms with Gasteiger partial charge in [0, 0.05) is 42.3 Å². The van der Waals surface area contributed by atoms with Crippen molar-refractivity contribution in [2.24, 2.45) is 0 Å². The zero-order chi connectivity index (χ0) is 27.5. The van der Waals surface area contributed by atoms with Gasteiger partial charge in [0.1, 0.15) is 11.5 Å². The first-order valence-electron chi connectivity index (χ1n) is 12.2. The van der Waals surface area contributed by atoms with Crippen molar-refractivity contribution < 1.29 is 19.2 Å². The largest absolute Gasteiger partial charge is 0.457 e. The number of nitrogens with zero attached hydrogens (tertiary/aromatic N) is 2. The van der Waals surface area contributed by atoms with Gasteiger partial charge in [0.25, 0.3) is 5.69 Å². The topological polar surface area (TPSA) is 126 Å². The zero-order valence-electron chi connectivity index (χ0n) is 20.9. The number of urea groups is 2. The van der Waals surface area contributed by atoms with Gasteiger partial charge in [-0.25, -0.2) is 9.59 Å². The summed E-state index contributed by atoms with van der Waals surface area (Å²) in [6.07, 6.45) is 0.470. The lowest BCUT2D eigenvalue weighted by atomic mass is 10.2. The second-order valence-corrected chi connectivity index (χ2v) is 8.40. The molecule has 0 heterocycles. The van der Waals surface area contributed by atoms with Gasteiger partial charge in [0.2, 0.25) is 0 Å². The second-order valence-electron chi connectivity index (χ2n) is 8.40. The molecule has 39 heavy (non-hydrogen) atoms. The molecule has 0 aliphatic rings. The Balaban J connectivity index is 1.40. The number of benzene rings is 4. The fourth-order valence-electron chi connectivity index (χ4n) is 3.66. The average Bonchev–Trinajstić information content (AvgIpc) is 2.95. The molecular weight excluding hydrogens is 498 g/mol. The lowest BCUT2D eigenvalue weighted by Gasteiger charge is -2.24. The molecule has 0 bridgehead atoms. The van der Waals surface area contributed by atoms with Gasteiger partial charge >= 0.3 is 12.1 Å². The maximum atomic E-state index is 13.2. The maximum Gasteiger partial charge on any atom is 0.326 e. The molecule has 0 aliphatic heterocycles. The first kappa shape index (κ1) is 26.7. The molecule has 10 heteroatoms. The van der Waals surface area contributed by atoms with E-state index < -0.39 is 11.0 Å². The van der Waals surface area contributed by atoms with Crippen molar-refractivity contribution >= 4 is 34.8 Å². The molecule has 198 valence electrons. The molecule has 10 nitrogen and oxygen atoms in total. The highest BCUT2D eigenvalue weighted by Gasteiger charge is 2.17. The van der Waals surface area contributed by atoms with Gasteiger partial charge in [-0.15, -0.1) is 0 Å². The van der Waals surface area contributed by atoms with E-state index in [9.17, 15) is 19.7 Å². The van der Waals surface area contributed by atoms with Crippen LogP contribution >= 0.6 is 0 Å². The van der Waals surface area contributed by atoms with Gasteiger partial charge in [0.15, 0.2) is 0 Å². The number of anilines is 3. The third kappa shape index (κ3) is 8.05. The predicted molar refractivity (Wildman–Crippen MR) is 150 cm³/mol. The standard InChI is InChI=1S/C29H27N5O5/c35-28(31-22-8-3-1-4-9-22)30-20-7-21-33(29(36)32-23-12-14-25(15-13-23)34(37)38)24-16-18-27(19-17-24)39-26-10-5-2-6-11-26/h1-6,8-19H,7,20-21H2,(H,32,36)(H2,30,31,35). The van der Waals surface area contributed by atoms with E-state index in [4.69, 9.17) is 4.74 Å². The van der Waals surface area contributed by atoms with Gasteiger partial charge in [-0.3, -0.25) is 15.0 Å². The molecule has 0 aromatic heterocycles. The van der Waals surface area contributed by atoms with E-state index in [1.807, 2.05) is 48.5 Å². The Morgan fingerprint density at radius 3 is 1.97 bits per heavy atom. The average molecular weight is 526 g/mol. The first-order chi connectivity index (χ1) is 19.0. The van der Waals surface area contributed by atoms with E-state index in [0.717, 1.165) is 0 Å². The summed E-state index contributed by atoms with van der Waals surface area (Å²) >= 11 is 0. The van der Waals surface area contributed by atoms with Gasteiger partial charge < -0.3 is 20.7 Å². The predicted octanol–water partition coefficient (Wildman–Crippen LogP) is 6.64. The number of rotatable bonds is 10. The molecule has 0 atom stereocenters. The molecule has 0 aliphatic carbocycles. The lowest BCUT2D eigenvalue weighted by molar-refractivity contribution is -0.384. The molecule has 0 fully saturated rings. The molecule has 0 spiro atoms. The quantitative estimate of drug-likeness (QED) is 0.122. The number of nitro groups is 1. The first-order valence-corrected chi connectivity index (χ1v) is 12.2. The summed E-state index contributed by atoms with van der Waals surface area (Å²) in [6.45, 7) is 0.624. The minimum absolute atomic E-state index is 0.0706. The van der Waals surface area contributed by atoms with E-state index in [1.165, 1.54) is 29.2 Å². The van der Waals surface area contributed by atoms with Crippen LogP contribution in [-0.4, -0.2) is 30.1 Å². The van der Waals surface area contributed by atoms with Crippen LogP contribution in [0.25, 0.3) is 0 Å². The van der Waals surface area contributed by atoms with Crippen molar-refractivity contribution in [3.63, 3.8) is 0 Å². The summed E-state index contributed by atoms with van der Waals surface area (Å²) in [7, 11) is 0. The summed E-state index contributed by atoms with van der Waals surface area (Å²) < 4.78 is 5.84. The summed E-state index contributed by atoms with van der Waals surface area (Å²) in [5.74, 6) is 1.30. The van der Waals surface area contributed by atoms with Crippen molar-refractivity contribution in [1.82, 2.24) is 5.32 Å². The molecule has 0 saturated carbocycles. The van der Waals surface area contributed by atoms with Crippen molar-refractivity contribution in [1.29, 1.82) is 0 Å². The van der Waals surface area contributed by atoms with Crippen LogP contribution in [0.4, 0.5) is 32.3 Å². The number of para-hydroxylation sites is 2. The Morgan fingerprint density at radius 1 is 0.744 bits per heavy atom. The fourth-order valence-corrected chi connectivity index (χ4v) is 3.66. The van der Waals surface area contributed by atoms with Crippen LogP contribution in [0, 0.1) is 10.1 Å². The van der Waals surface area contributed by atoms with E-state index in [0.29, 0.717) is 48.1 Å². The number of hydrogen-bond donors (Lipinski definition) is 3. The van der Waals surface area contributed by atoms with E-state index >= 15 is 0 Å². The molecular formula is C29H27N5O5. The minimum Gasteiger partial charge on any atom is -0.457 e. The zero-order valence-corrected chi connectivity index (χ0v) is 20.9. The van der Waals surface area contributed by atoms with Crippen LogP contribution < -0.4 is 25.6 Å². The van der Waals surface area contributed by atoms with Crippen molar-refractivity contribution in [3.05, 3.63) is 119 Å². The number of non-ortho nitro benzene ring substituents is 1. The number of carbonyl (C=O) groups excluding carboxylic acids is 2. The number of nitro benzene ring substituents is 1. The summed E-state index contributed by atoms with van der Waals surface area (Å²) in [5, 5.41) is 19.2. The maximum absolute atomic E-state index is 13.2. The molecule has 0 unspecified atom stereocenters. The van der Waals surface area contributed by atoms with Gasteiger partial charge in [0.05, 0.1) is 4.92 Å². The molecule has 4 aromatic rings. The van der Waals surface area contributed by atoms with Crippen LogP contribution in [0.15, 0.2) is 109 Å². The summed E-state index contributed by atoms with van der Waals surface area (Å²) in [6, 6.07) is 30.3. The highest BCUT2D eigenvalue weighted by atomic mass is 16.6. The van der Waals surface area contributed by atoms with Crippen molar-refractivity contribution in [3.8, 4) is 11.5 Å². The molecule has 4 aromatic carbocycles. The number of nitrogens with one attached hydrogen (secondary N) is 3. The Labute approximate surface area is 225 Å². The van der Waals surface area contributed by atoms with Gasteiger partial charge in [-0.2, -0.15) is 0 Å². The van der Waals surface area contributed by atoms with E-state index in [2.05, 4.69) is 16.0 Å². The number of amides is 4. The molecule has 0 radical (unpaired) electrons. The SMILES string of the molecule is O=C(NCCCN(C(=O)Nc1ccc([N+](=O)[O-])cc1)c1ccc(Oc2ccccc2)cc1)Nc1ccccc1. The molecule has 0 saturated heterocycles. The van der Waals surface area contributed by atoms with Crippen LogP contribution in [0.5, 0.6) is 11.5 Å². The van der Waals surface area contributed by atoms with Crippen LogP contribution in [-0.2, 0) is 0 Å². The highest BCUT2D eigenvalue weighted by molar-refractivity contribution is 6.01. The number of carbonyl (C=O) groups is 2. The van der Waals surface area contributed by atoms with Crippen molar-refractivity contribution in [2.45, 2.75) is 6.42 Å². The lowest BCUT2D eigenvalue weighted by Crippen LogP contribution is -2.38. The minimum atomic E-state index is -0.502. The summed E-state index contributed by atoms with van der Waals surface area (Å²) in [5.41, 5.74) is 1.64. The second kappa shape index (κ2) is 13.2. The smallest absolute Gasteiger partial charge is 0.326 e. The Hall–Kier alpha value is -5.38. The van der Waals surface area contributed by atoms with Crippen LogP contribution in [0.3, 0.4) is 0 Å². The summed E-state index contributed by atoms with van der Waals surface area (Å²) in [4.78, 5) is 37.4. The number of hydrogen-bond acceptors (Lipinski definition) is 5. The van der Waals surface area contributed by atoms with Crippen LogP contribution in [0.1, 0.15) is 6.42 Å². The Morgan fingerprint density at radius 2 is 1.33 bits per heavy atom. The van der Waals surface area contributed by atoms with Crippen molar-refractivity contribution in [2.75, 3.05) is 28.6 Å². The van der Waals surface area contributed by atoms with Gasteiger partial charge in [-0.1, -0.05) is 36.4 Å². The third-order valence-electron chi connectivity index (χ3n) is 5.58. The molecule has 4 rings (SSSR count). The Bertz CT molecular complexity index is 1380. The van der Waals surface area contributed by atoms with E-state index in [1.54, 1.807) is 36.4 Å². The number of ether oxygens (including phenoxy) is 1. The monoisotopic (exact) mass is 525 g/mol. The Kier molecular flexibility index (Phi) is 9.06. The highest BCUT2D eigenvalue weighted by Crippen LogP contribution is 2.25. The molecule has 3 N–H and O–H groups in total. The fraction of sp³-hybridized carbons (Fsp3) is 0.103. The van der Waals surface area contributed by atoms with Crippen LogP contribution in [0.2, 0.25) is 0 Å². The van der Waals surface area contributed by atoms with Gasteiger partial charge in [-0.05, 0) is 67.1 Å². The molecule has 4 amide bonds. The normalized spacial score (nSPS) is 10.3. The third-order valence-corrected chi connectivity index (χ3v) is 5.58. The van der Waals surface area contributed by atoms with E-state index in [-0.39, 0.29) is 11.7 Å².